The highest BCUT2D eigenvalue weighted by Crippen LogP contribution is 2.51. The topological polar surface area (TPSA) is 135 Å². The first kappa shape index (κ1) is 47.2. The van der Waals surface area contributed by atoms with Crippen molar-refractivity contribution in [3.8, 4) is 23.0 Å². The van der Waals surface area contributed by atoms with Gasteiger partial charge in [0.1, 0.15) is 34.7 Å². The second-order valence-corrected chi connectivity index (χ2v) is 19.9. The highest BCUT2D eigenvalue weighted by Gasteiger charge is 2.40. The van der Waals surface area contributed by atoms with E-state index >= 15 is 0 Å². The van der Waals surface area contributed by atoms with Crippen molar-refractivity contribution in [1.82, 2.24) is 5.32 Å². The summed E-state index contributed by atoms with van der Waals surface area (Å²) in [6.45, 7) is 10.7. The van der Waals surface area contributed by atoms with E-state index in [1.165, 1.54) is 0 Å². The van der Waals surface area contributed by atoms with Gasteiger partial charge in [-0.3, -0.25) is 0 Å². The summed E-state index contributed by atoms with van der Waals surface area (Å²) >= 11 is 0. The van der Waals surface area contributed by atoms with Gasteiger partial charge in [0.2, 0.25) is 0 Å². The predicted octanol–water partition coefficient (Wildman–Crippen LogP) is 14.0. The molecule has 0 saturated carbocycles. The zero-order valence-electron chi connectivity index (χ0n) is 43.4. The molecule has 76 heavy (non-hydrogen) atoms. The molecule has 378 valence electrons. The van der Waals surface area contributed by atoms with E-state index in [0.29, 0.717) is 101 Å². The maximum atomic E-state index is 6.98. The van der Waals surface area contributed by atoms with Crippen molar-refractivity contribution in [3.63, 3.8) is 0 Å². The number of aliphatic imine (C=N–C) groups is 7. The zero-order chi connectivity index (χ0) is 51.3. The summed E-state index contributed by atoms with van der Waals surface area (Å²) in [7, 11) is 0. The number of ether oxygens (including phenoxy) is 4. The Labute approximate surface area is 441 Å². The molecule has 0 spiro atoms. The minimum Gasteiger partial charge on any atom is -0.492 e. The average Bonchev–Trinajstić information content (AvgIpc) is 4.33. The molecule has 0 fully saturated rings. The zero-order valence-corrected chi connectivity index (χ0v) is 43.4. The lowest BCUT2D eigenvalue weighted by molar-refractivity contribution is 0.302. The van der Waals surface area contributed by atoms with Gasteiger partial charge >= 0.3 is 0 Å². The van der Waals surface area contributed by atoms with Crippen molar-refractivity contribution >= 4 is 83.9 Å². The molecule has 0 amide bonds. The van der Waals surface area contributed by atoms with Gasteiger partial charge in [0, 0.05) is 43.8 Å². The lowest BCUT2D eigenvalue weighted by Crippen LogP contribution is -2.31. The smallest absolute Gasteiger partial charge is 0.174 e. The van der Waals surface area contributed by atoms with Crippen LogP contribution in [0.4, 0.5) is 0 Å². The van der Waals surface area contributed by atoms with E-state index in [1.807, 2.05) is 24.3 Å². The third-order valence-corrected chi connectivity index (χ3v) is 14.7. The quantitative estimate of drug-likeness (QED) is 0.0962. The summed E-state index contributed by atoms with van der Waals surface area (Å²) in [5, 5.41) is 11.7. The minimum absolute atomic E-state index is 0.408. The van der Waals surface area contributed by atoms with Crippen LogP contribution in [-0.2, 0) is 0 Å². The van der Waals surface area contributed by atoms with Crippen LogP contribution in [0.2, 0.25) is 0 Å². The summed E-state index contributed by atoms with van der Waals surface area (Å²) in [5.41, 5.74) is 6.37. The minimum atomic E-state index is -0.849. The second-order valence-electron chi connectivity index (χ2n) is 19.9. The number of benzene rings is 8. The number of unbranched alkanes of at least 4 members (excludes halogenated alkanes) is 4. The maximum absolute atomic E-state index is 6.98. The Morgan fingerprint density at radius 2 is 0.750 bits per heavy atom. The average molecular weight is 1000 g/mol. The molecule has 0 radical (unpaired) electrons. The van der Waals surface area contributed by atoms with Crippen molar-refractivity contribution in [1.29, 1.82) is 0 Å². The largest absolute Gasteiger partial charge is 0.492 e. The maximum Gasteiger partial charge on any atom is 0.174 e. The molecule has 5 heterocycles. The van der Waals surface area contributed by atoms with Crippen molar-refractivity contribution in [2.75, 3.05) is 26.4 Å². The third kappa shape index (κ3) is 8.09. The number of amidine groups is 7. The van der Waals surface area contributed by atoms with Gasteiger partial charge in [0.05, 0.1) is 48.7 Å². The highest BCUT2D eigenvalue weighted by atomic mass is 16.5. The van der Waals surface area contributed by atoms with Crippen LogP contribution in [0.15, 0.2) is 156 Å². The van der Waals surface area contributed by atoms with Gasteiger partial charge in [0.15, 0.2) is 35.3 Å². The third-order valence-electron chi connectivity index (χ3n) is 14.7. The van der Waals surface area contributed by atoms with Crippen LogP contribution in [0, 0.1) is 0 Å². The van der Waals surface area contributed by atoms with Gasteiger partial charge in [-0.25, -0.2) is 34.9 Å². The summed E-state index contributed by atoms with van der Waals surface area (Å²) < 4.78 is 27.9. The fraction of sp³-hybridized carbons (Fsp3) is 0.266. The van der Waals surface area contributed by atoms with E-state index in [1.54, 1.807) is 0 Å². The highest BCUT2D eigenvalue weighted by molar-refractivity contribution is 6.37. The molecule has 12 heteroatoms. The summed E-state index contributed by atoms with van der Waals surface area (Å²) in [4.78, 5) is 38.6. The van der Waals surface area contributed by atoms with E-state index in [-0.39, 0.29) is 0 Å². The fourth-order valence-corrected chi connectivity index (χ4v) is 10.8. The summed E-state index contributed by atoms with van der Waals surface area (Å²) in [6, 6.07) is 42.0. The molecule has 1 atom stereocenters. The Hall–Kier alpha value is -8.51. The molecule has 12 nitrogen and oxygen atoms in total. The van der Waals surface area contributed by atoms with E-state index in [4.69, 9.17) is 53.9 Å². The van der Waals surface area contributed by atoms with Gasteiger partial charge in [0.25, 0.3) is 0 Å². The Balaban J connectivity index is 1.15. The van der Waals surface area contributed by atoms with Gasteiger partial charge < -0.3 is 24.3 Å². The van der Waals surface area contributed by atoms with Gasteiger partial charge in [-0.05, 0) is 71.5 Å². The summed E-state index contributed by atoms with van der Waals surface area (Å²) in [6.07, 6.45) is 6.44. The number of rotatable bonds is 16. The number of nitrogens with one attached hydrogen (secondary N) is 1. The van der Waals surface area contributed by atoms with E-state index in [0.717, 1.165) is 128 Å². The number of hydrogen-bond donors (Lipinski definition) is 1. The lowest BCUT2D eigenvalue weighted by atomic mass is 9.96. The molecular weight excluding hydrogens is 945 g/mol. The number of hydrogen-bond acceptors (Lipinski definition) is 12. The molecule has 8 aromatic carbocycles. The Morgan fingerprint density at radius 3 is 1.29 bits per heavy atom. The molecular formula is C64H58N8O4. The van der Waals surface area contributed by atoms with Crippen LogP contribution in [0.25, 0.3) is 43.1 Å². The van der Waals surface area contributed by atoms with Gasteiger partial charge in [-0.2, -0.15) is 0 Å². The molecule has 8 aromatic rings. The first-order valence-corrected chi connectivity index (χ1v) is 27.2. The number of fused-ring (bicyclic) bond motifs is 20. The van der Waals surface area contributed by atoms with Crippen LogP contribution in [0.1, 0.15) is 130 Å². The lowest BCUT2D eigenvalue weighted by Gasteiger charge is -2.21. The van der Waals surface area contributed by atoms with Crippen molar-refractivity contribution in [2.24, 2.45) is 34.9 Å². The van der Waals surface area contributed by atoms with Crippen molar-refractivity contribution in [2.45, 2.75) is 85.2 Å². The van der Waals surface area contributed by atoms with E-state index < -0.39 is 6.17 Å². The molecule has 5 aliphatic rings. The normalized spacial score (nSPS) is 15.7. The van der Waals surface area contributed by atoms with E-state index in [2.05, 4.69) is 130 Å². The van der Waals surface area contributed by atoms with Crippen molar-refractivity contribution < 1.29 is 18.9 Å². The first-order valence-electron chi connectivity index (χ1n) is 27.2. The summed E-state index contributed by atoms with van der Waals surface area (Å²) in [5.74, 6) is 6.19. The monoisotopic (exact) mass is 1000 g/mol. The van der Waals surface area contributed by atoms with Crippen LogP contribution < -0.4 is 24.3 Å². The predicted molar refractivity (Wildman–Crippen MR) is 309 cm³/mol. The van der Waals surface area contributed by atoms with Crippen molar-refractivity contribution in [3.05, 3.63) is 166 Å². The standard InChI is InChI=1S/C64H58N8O4/c1-5-9-29-73-53-41-25-17-19-27-43(41)55(75-31-11-7-3)51-49(53)61-68-59-47-35-39-23-15-13-21-37(39)33-45(47)57(66-59)65-58-46-34-38-22-14-16-24-40(38)36-48(46)60(67-58)69-62-50-52(64(71-62)72-63(51)70-61)56(76-32-12-8-4)44-28-20-18-26-42(44)54(50)74-30-10-6-2/h13-28,33-36,61H,5-12,29-32H2,1-4H3,(H,65,66,67,68,69,70,71,72). The molecule has 0 aliphatic carbocycles. The van der Waals surface area contributed by atoms with Crippen LogP contribution in [-0.4, -0.2) is 67.3 Å². The molecule has 8 bridgehead atoms. The number of nitrogens with zero attached hydrogens (tertiary/aromatic N) is 7. The van der Waals surface area contributed by atoms with Crippen LogP contribution >= 0.6 is 0 Å². The Kier molecular flexibility index (Phi) is 12.4. The molecule has 0 saturated heterocycles. The molecule has 1 unspecified atom stereocenters. The van der Waals surface area contributed by atoms with E-state index in [9.17, 15) is 0 Å². The molecule has 1 N–H and O–H groups in total. The van der Waals surface area contributed by atoms with Gasteiger partial charge in [-0.1, -0.05) is 150 Å². The Bertz CT molecular complexity index is 3940. The fourth-order valence-electron chi connectivity index (χ4n) is 10.8. The Morgan fingerprint density at radius 1 is 0.368 bits per heavy atom. The molecule has 0 aromatic heterocycles. The SMILES string of the molecule is CCCCOc1c2c(c(OCCCC)c3ccccc13)C1=NC2=NC2=NC(N=C3N=C(N=C4N=C(N1)c1cc5ccccc5cc14)c1cc4ccccc4cc13)c1c2c(OCCCC)c2ccccc2c1OCCCC. The second kappa shape index (κ2) is 20.0. The molecule has 5 aliphatic heterocycles. The van der Waals surface area contributed by atoms with Crippen LogP contribution in [0.3, 0.4) is 0 Å². The van der Waals surface area contributed by atoms with Gasteiger partial charge in [-0.15, -0.1) is 0 Å². The van der Waals surface area contributed by atoms with Crippen LogP contribution in [0.5, 0.6) is 23.0 Å². The molecule has 13 rings (SSSR count). The first-order chi connectivity index (χ1) is 37.5.